The van der Waals surface area contributed by atoms with E-state index in [0.717, 1.165) is 19.6 Å². The van der Waals surface area contributed by atoms with Crippen LogP contribution in [0.1, 0.15) is 24.0 Å². The highest BCUT2D eigenvalue weighted by atomic mass is 16.3. The van der Waals surface area contributed by atoms with E-state index in [0.29, 0.717) is 25.9 Å². The third-order valence-corrected chi connectivity index (χ3v) is 4.03. The minimum Gasteiger partial charge on any atom is -0.392 e. The molecule has 0 saturated carbocycles. The lowest BCUT2D eigenvalue weighted by Gasteiger charge is -2.25. The van der Waals surface area contributed by atoms with Crippen molar-refractivity contribution in [3.05, 3.63) is 71.8 Å². The molecule has 0 fully saturated rings. The van der Waals surface area contributed by atoms with Gasteiger partial charge in [-0.3, -0.25) is 4.90 Å². The largest absolute Gasteiger partial charge is 0.392 e. The molecule has 0 spiro atoms. The van der Waals surface area contributed by atoms with Gasteiger partial charge < -0.3 is 10.4 Å². The molecule has 0 aromatic heterocycles. The standard InChI is InChI=1S/C21H27N3O/c22-13-7-14-23-15-12-21(25)18-24(16-19-8-3-1-4-9-19)17-20-10-5-2-6-11-20/h1-6,8-11,21,23,25H,7,12,14-18H2/t21-/m0/s1. The summed E-state index contributed by atoms with van der Waals surface area (Å²) in [5.41, 5.74) is 2.50. The van der Waals surface area contributed by atoms with Crippen LogP contribution in [0.15, 0.2) is 60.7 Å². The van der Waals surface area contributed by atoms with Gasteiger partial charge in [0.2, 0.25) is 0 Å². The lowest BCUT2D eigenvalue weighted by molar-refractivity contribution is 0.0977. The van der Waals surface area contributed by atoms with Crippen LogP contribution in [0.2, 0.25) is 0 Å². The van der Waals surface area contributed by atoms with Crippen LogP contribution < -0.4 is 5.32 Å². The fourth-order valence-corrected chi connectivity index (χ4v) is 2.80. The van der Waals surface area contributed by atoms with E-state index in [-0.39, 0.29) is 6.10 Å². The Labute approximate surface area is 150 Å². The Kier molecular flexibility index (Phi) is 8.71. The van der Waals surface area contributed by atoms with Crippen molar-refractivity contribution in [1.82, 2.24) is 10.2 Å². The summed E-state index contributed by atoms with van der Waals surface area (Å²) < 4.78 is 0. The number of aliphatic hydroxyl groups excluding tert-OH is 1. The molecule has 2 N–H and O–H groups in total. The first-order valence-electron chi connectivity index (χ1n) is 8.84. The maximum atomic E-state index is 10.4. The molecule has 0 aliphatic rings. The zero-order valence-corrected chi connectivity index (χ0v) is 14.6. The minimum atomic E-state index is -0.387. The van der Waals surface area contributed by atoms with Gasteiger partial charge >= 0.3 is 0 Å². The van der Waals surface area contributed by atoms with Crippen LogP contribution in [0.4, 0.5) is 0 Å². The molecule has 2 aromatic carbocycles. The first kappa shape index (κ1) is 19.1. The molecule has 0 aliphatic carbocycles. The van der Waals surface area contributed by atoms with E-state index in [1.165, 1.54) is 11.1 Å². The number of nitrogens with one attached hydrogen (secondary N) is 1. The Morgan fingerprint density at radius 3 is 2.00 bits per heavy atom. The second-order valence-electron chi connectivity index (χ2n) is 6.24. The van der Waals surface area contributed by atoms with E-state index >= 15 is 0 Å². The van der Waals surface area contributed by atoms with Gasteiger partial charge in [-0.15, -0.1) is 0 Å². The summed E-state index contributed by atoms with van der Waals surface area (Å²) in [6.07, 6.45) is 0.803. The van der Waals surface area contributed by atoms with E-state index in [4.69, 9.17) is 5.26 Å². The zero-order valence-electron chi connectivity index (χ0n) is 14.6. The van der Waals surface area contributed by atoms with Crippen molar-refractivity contribution in [1.29, 1.82) is 5.26 Å². The monoisotopic (exact) mass is 337 g/mol. The Bertz CT molecular complexity index is 583. The zero-order chi connectivity index (χ0) is 17.7. The van der Waals surface area contributed by atoms with Crippen LogP contribution in [0.3, 0.4) is 0 Å². The van der Waals surface area contributed by atoms with E-state index in [1.54, 1.807) is 0 Å². The molecular weight excluding hydrogens is 310 g/mol. The molecule has 0 aliphatic heterocycles. The normalized spacial score (nSPS) is 12.0. The Balaban J connectivity index is 1.88. The van der Waals surface area contributed by atoms with Gasteiger partial charge in [-0.1, -0.05) is 60.7 Å². The van der Waals surface area contributed by atoms with Gasteiger partial charge in [0.25, 0.3) is 0 Å². The molecule has 0 saturated heterocycles. The van der Waals surface area contributed by atoms with Crippen LogP contribution >= 0.6 is 0 Å². The highest BCUT2D eigenvalue weighted by Crippen LogP contribution is 2.11. The van der Waals surface area contributed by atoms with Gasteiger partial charge in [0.15, 0.2) is 0 Å². The number of rotatable bonds is 11. The van der Waals surface area contributed by atoms with Crippen molar-refractivity contribution in [2.75, 3.05) is 19.6 Å². The first-order chi connectivity index (χ1) is 12.3. The highest BCUT2D eigenvalue weighted by Gasteiger charge is 2.13. The molecule has 4 nitrogen and oxygen atoms in total. The average molecular weight is 337 g/mol. The fraction of sp³-hybridized carbons (Fsp3) is 0.381. The van der Waals surface area contributed by atoms with Crippen molar-refractivity contribution in [3.63, 3.8) is 0 Å². The second kappa shape index (κ2) is 11.4. The molecule has 0 radical (unpaired) electrons. The van der Waals surface area contributed by atoms with E-state index < -0.39 is 0 Å². The quantitative estimate of drug-likeness (QED) is 0.619. The topological polar surface area (TPSA) is 59.3 Å². The van der Waals surface area contributed by atoms with Crippen molar-refractivity contribution < 1.29 is 5.11 Å². The summed E-state index contributed by atoms with van der Waals surface area (Å²) >= 11 is 0. The summed E-state index contributed by atoms with van der Waals surface area (Å²) in [6.45, 7) is 3.67. The summed E-state index contributed by atoms with van der Waals surface area (Å²) in [6, 6.07) is 22.8. The van der Waals surface area contributed by atoms with Crippen molar-refractivity contribution in [2.45, 2.75) is 32.0 Å². The van der Waals surface area contributed by atoms with E-state index in [9.17, 15) is 5.11 Å². The molecule has 0 amide bonds. The lowest BCUT2D eigenvalue weighted by Crippen LogP contribution is -2.33. The highest BCUT2D eigenvalue weighted by molar-refractivity contribution is 5.17. The lowest BCUT2D eigenvalue weighted by atomic mass is 10.1. The number of nitriles is 1. The SMILES string of the molecule is N#CCCNCC[C@H](O)CN(Cc1ccccc1)Cc1ccccc1. The van der Waals surface area contributed by atoms with Gasteiger partial charge in [-0.2, -0.15) is 5.26 Å². The van der Waals surface area contributed by atoms with Crippen LogP contribution in [0.25, 0.3) is 0 Å². The number of nitrogens with zero attached hydrogens (tertiary/aromatic N) is 2. The predicted molar refractivity (Wildman–Crippen MR) is 101 cm³/mol. The first-order valence-corrected chi connectivity index (χ1v) is 8.84. The molecule has 4 heteroatoms. The fourth-order valence-electron chi connectivity index (χ4n) is 2.80. The summed E-state index contributed by atoms with van der Waals surface area (Å²) in [5, 5.41) is 22.1. The molecule has 2 rings (SSSR count). The van der Waals surface area contributed by atoms with Gasteiger partial charge in [0, 0.05) is 32.6 Å². The molecule has 0 heterocycles. The van der Waals surface area contributed by atoms with Crippen LogP contribution in [-0.4, -0.2) is 35.7 Å². The van der Waals surface area contributed by atoms with Crippen LogP contribution in [0.5, 0.6) is 0 Å². The average Bonchev–Trinajstić information content (AvgIpc) is 2.63. The molecule has 1 atom stereocenters. The molecule has 2 aromatic rings. The summed E-state index contributed by atoms with van der Waals surface area (Å²) in [7, 11) is 0. The number of hydrogen-bond acceptors (Lipinski definition) is 4. The Hall–Kier alpha value is -2.19. The molecule has 25 heavy (non-hydrogen) atoms. The van der Waals surface area contributed by atoms with Gasteiger partial charge in [0.1, 0.15) is 0 Å². The van der Waals surface area contributed by atoms with Crippen LogP contribution in [0, 0.1) is 11.3 Å². The van der Waals surface area contributed by atoms with Crippen LogP contribution in [-0.2, 0) is 13.1 Å². The number of hydrogen-bond donors (Lipinski definition) is 2. The minimum absolute atomic E-state index is 0.387. The maximum absolute atomic E-state index is 10.4. The molecular formula is C21H27N3O. The molecule has 0 bridgehead atoms. The Morgan fingerprint density at radius 2 is 1.48 bits per heavy atom. The predicted octanol–water partition coefficient (Wildman–Crippen LogP) is 2.94. The second-order valence-corrected chi connectivity index (χ2v) is 6.24. The number of benzene rings is 2. The third-order valence-electron chi connectivity index (χ3n) is 4.03. The van der Waals surface area contributed by atoms with Crippen molar-refractivity contribution in [2.24, 2.45) is 0 Å². The summed E-state index contributed by atoms with van der Waals surface area (Å²) in [5.74, 6) is 0. The van der Waals surface area contributed by atoms with Gasteiger partial charge in [0.05, 0.1) is 12.2 Å². The van der Waals surface area contributed by atoms with Gasteiger partial charge in [-0.05, 0) is 24.1 Å². The smallest absolute Gasteiger partial charge is 0.0679 e. The van der Waals surface area contributed by atoms with Crippen molar-refractivity contribution in [3.8, 4) is 6.07 Å². The summed E-state index contributed by atoms with van der Waals surface area (Å²) in [4.78, 5) is 2.28. The van der Waals surface area contributed by atoms with E-state index in [1.807, 2.05) is 36.4 Å². The van der Waals surface area contributed by atoms with Crippen molar-refractivity contribution >= 4 is 0 Å². The Morgan fingerprint density at radius 1 is 0.920 bits per heavy atom. The molecule has 132 valence electrons. The number of aliphatic hydroxyl groups is 1. The third kappa shape index (κ3) is 7.95. The van der Waals surface area contributed by atoms with Gasteiger partial charge in [-0.25, -0.2) is 0 Å². The van der Waals surface area contributed by atoms with E-state index in [2.05, 4.69) is 40.6 Å². The molecule has 0 unspecified atom stereocenters. The maximum Gasteiger partial charge on any atom is 0.0679 e.